The fourth-order valence-electron chi connectivity index (χ4n) is 3.20. The van der Waals surface area contributed by atoms with Crippen molar-refractivity contribution in [3.63, 3.8) is 0 Å². The minimum Gasteiger partial charge on any atom is -0.347 e. The number of thioether (sulfide) groups is 1. The Morgan fingerprint density at radius 1 is 1.32 bits per heavy atom. The first kappa shape index (κ1) is 20.2. The van der Waals surface area contributed by atoms with Gasteiger partial charge in [0.15, 0.2) is 5.78 Å². The summed E-state index contributed by atoms with van der Waals surface area (Å²) in [5.74, 6) is 3.00. The van der Waals surface area contributed by atoms with E-state index in [1.54, 1.807) is 42.9 Å². The number of Topliss-reactive ketones (excluding diaryl/α,β-unsaturated/α-hetero) is 1. The smallest absolute Gasteiger partial charge is 0.328 e. The summed E-state index contributed by atoms with van der Waals surface area (Å²) in [4.78, 5) is 24.9. The number of carbonyl (C=O) groups excluding carboxylic acids is 1. The predicted molar refractivity (Wildman–Crippen MR) is 117 cm³/mol. The number of carbonyl (C=O) groups is 1. The highest BCUT2D eigenvalue weighted by molar-refractivity contribution is 8.03. The van der Waals surface area contributed by atoms with Crippen LogP contribution in [0.3, 0.4) is 0 Å². The van der Waals surface area contributed by atoms with Crippen LogP contribution in [-0.2, 0) is 14.1 Å². The number of rotatable bonds is 4. The zero-order chi connectivity index (χ0) is 20.4. The Hall–Kier alpha value is -2.56. The summed E-state index contributed by atoms with van der Waals surface area (Å²) in [6.45, 7) is 2.07. The molecular weight excluding hydrogens is 390 g/mol. The zero-order valence-corrected chi connectivity index (χ0v) is 17.6. The number of hydrogen-bond donors (Lipinski definition) is 1. The van der Waals surface area contributed by atoms with Gasteiger partial charge in [-0.2, -0.15) is 0 Å². The van der Waals surface area contributed by atoms with Crippen molar-refractivity contribution in [3.8, 4) is 12.3 Å². The minimum absolute atomic E-state index is 0.0263. The molecule has 1 atom stereocenters. The summed E-state index contributed by atoms with van der Waals surface area (Å²) < 4.78 is 3.57. The average molecular weight is 412 g/mol. The molecule has 1 aromatic heterocycles. The van der Waals surface area contributed by atoms with E-state index < -0.39 is 0 Å². The Morgan fingerprint density at radius 2 is 2.00 bits per heavy atom. The molecule has 1 aromatic carbocycles. The molecule has 0 fully saturated rings. The molecule has 0 spiro atoms. The lowest BCUT2D eigenvalue weighted by atomic mass is 10.0. The highest BCUT2D eigenvalue weighted by atomic mass is 32.2. The lowest BCUT2D eigenvalue weighted by Crippen LogP contribution is -2.31. The largest absolute Gasteiger partial charge is 0.347 e. The topological polar surface area (TPSA) is 56.0 Å². The molecular formula is C21H21N3O2S2. The van der Waals surface area contributed by atoms with Crippen LogP contribution in [0, 0.1) is 17.0 Å². The Morgan fingerprint density at radius 3 is 2.64 bits per heavy atom. The van der Waals surface area contributed by atoms with Crippen molar-refractivity contribution in [3.05, 3.63) is 67.3 Å². The van der Waals surface area contributed by atoms with Gasteiger partial charge in [0, 0.05) is 31.1 Å². The molecule has 1 aliphatic rings. The molecule has 1 aliphatic heterocycles. The lowest BCUT2D eigenvalue weighted by molar-refractivity contribution is 0.102. The Bertz CT molecular complexity index is 1120. The number of aromatic nitrogens is 2. The van der Waals surface area contributed by atoms with Crippen molar-refractivity contribution in [1.29, 1.82) is 0 Å². The maximum atomic E-state index is 12.5. The van der Waals surface area contributed by atoms with Crippen LogP contribution in [0.25, 0.3) is 0 Å². The standard InChI is InChI=1S/C21H21N3O2S2/c1-5-14-7-9-15(10-8-14)16(25)12-28-17-11-6-13(2)19-18(22-17)20(27)24(4)21(26)23(19)3/h1,7-11,13,22H,6,12H2,2-4H3. The molecule has 1 unspecified atom stereocenters. The molecule has 0 saturated carbocycles. The molecule has 2 heterocycles. The number of nitrogens with one attached hydrogen (secondary N) is 1. The molecule has 2 aromatic rings. The van der Waals surface area contributed by atoms with Gasteiger partial charge in [0.25, 0.3) is 0 Å². The van der Waals surface area contributed by atoms with Gasteiger partial charge in [0.05, 0.1) is 22.2 Å². The first-order chi connectivity index (χ1) is 13.3. The summed E-state index contributed by atoms with van der Waals surface area (Å²) >= 11 is 6.93. The second kappa shape index (κ2) is 8.21. The molecule has 0 bridgehead atoms. The average Bonchev–Trinajstić information content (AvgIpc) is 2.88. The van der Waals surface area contributed by atoms with Crippen LogP contribution in [0.2, 0.25) is 0 Å². The van der Waals surface area contributed by atoms with Gasteiger partial charge in [0.2, 0.25) is 0 Å². The number of fused-ring (bicyclic) bond motifs is 1. The molecule has 0 saturated heterocycles. The molecule has 1 N–H and O–H groups in total. The maximum Gasteiger partial charge on any atom is 0.328 e. The van der Waals surface area contributed by atoms with Crippen molar-refractivity contribution >= 4 is 35.5 Å². The Balaban J connectivity index is 1.81. The quantitative estimate of drug-likeness (QED) is 0.471. The third-order valence-corrected chi connectivity index (χ3v) is 6.28. The molecule has 144 valence electrons. The van der Waals surface area contributed by atoms with E-state index in [0.29, 0.717) is 16.0 Å². The summed E-state index contributed by atoms with van der Waals surface area (Å²) in [6.07, 6.45) is 8.17. The van der Waals surface area contributed by atoms with Crippen molar-refractivity contribution in [2.75, 3.05) is 11.1 Å². The number of ketones is 1. The van der Waals surface area contributed by atoms with E-state index in [2.05, 4.69) is 24.2 Å². The summed E-state index contributed by atoms with van der Waals surface area (Å²) in [6, 6.07) is 7.04. The van der Waals surface area contributed by atoms with E-state index in [0.717, 1.165) is 28.4 Å². The lowest BCUT2D eigenvalue weighted by Gasteiger charge is -2.19. The van der Waals surface area contributed by atoms with E-state index >= 15 is 0 Å². The van der Waals surface area contributed by atoms with Gasteiger partial charge in [-0.25, -0.2) is 4.79 Å². The Kier molecular flexibility index (Phi) is 5.92. The highest BCUT2D eigenvalue weighted by Gasteiger charge is 2.22. The van der Waals surface area contributed by atoms with Gasteiger partial charge in [-0.15, -0.1) is 18.2 Å². The fourth-order valence-corrected chi connectivity index (χ4v) is 4.27. The van der Waals surface area contributed by atoms with E-state index in [1.807, 2.05) is 0 Å². The number of allylic oxidation sites excluding steroid dienone is 1. The summed E-state index contributed by atoms with van der Waals surface area (Å²) in [5, 5.41) is 4.22. The number of nitrogens with zero attached hydrogens (tertiary/aromatic N) is 2. The van der Waals surface area contributed by atoms with Gasteiger partial charge in [-0.3, -0.25) is 13.9 Å². The van der Waals surface area contributed by atoms with Crippen molar-refractivity contribution in [2.24, 2.45) is 14.1 Å². The first-order valence-electron chi connectivity index (χ1n) is 8.83. The second-order valence-corrected chi connectivity index (χ2v) is 8.13. The maximum absolute atomic E-state index is 12.5. The molecule has 0 amide bonds. The number of benzene rings is 1. The van der Waals surface area contributed by atoms with Crippen LogP contribution in [0.5, 0.6) is 0 Å². The van der Waals surface area contributed by atoms with Crippen LogP contribution in [-0.4, -0.2) is 20.7 Å². The van der Waals surface area contributed by atoms with Crippen LogP contribution in [0.4, 0.5) is 5.69 Å². The van der Waals surface area contributed by atoms with E-state index in [4.69, 9.17) is 18.6 Å². The summed E-state index contributed by atoms with van der Waals surface area (Å²) in [5.41, 5.74) is 2.89. The van der Waals surface area contributed by atoms with E-state index in [9.17, 15) is 9.59 Å². The van der Waals surface area contributed by atoms with Crippen molar-refractivity contribution in [2.45, 2.75) is 19.3 Å². The van der Waals surface area contributed by atoms with Gasteiger partial charge in [-0.1, -0.05) is 43.3 Å². The number of anilines is 1. The van der Waals surface area contributed by atoms with Gasteiger partial charge >= 0.3 is 5.69 Å². The van der Waals surface area contributed by atoms with Gasteiger partial charge < -0.3 is 5.32 Å². The molecule has 3 rings (SSSR count). The molecule has 0 aliphatic carbocycles. The van der Waals surface area contributed by atoms with Crippen LogP contribution in [0.1, 0.15) is 40.9 Å². The highest BCUT2D eigenvalue weighted by Crippen LogP contribution is 2.34. The first-order valence-corrected chi connectivity index (χ1v) is 10.2. The minimum atomic E-state index is -0.140. The zero-order valence-electron chi connectivity index (χ0n) is 16.0. The second-order valence-electron chi connectivity index (χ2n) is 6.73. The summed E-state index contributed by atoms with van der Waals surface area (Å²) in [7, 11) is 3.43. The van der Waals surface area contributed by atoms with Gasteiger partial charge in [0.1, 0.15) is 4.64 Å². The normalized spacial score (nSPS) is 15.6. The third-order valence-electron chi connectivity index (χ3n) is 4.81. The third kappa shape index (κ3) is 3.84. The molecule has 28 heavy (non-hydrogen) atoms. The van der Waals surface area contributed by atoms with E-state index in [1.165, 1.54) is 16.3 Å². The van der Waals surface area contributed by atoms with Gasteiger partial charge in [-0.05, 0) is 18.6 Å². The van der Waals surface area contributed by atoms with Crippen molar-refractivity contribution < 1.29 is 4.79 Å². The molecule has 5 nitrogen and oxygen atoms in total. The van der Waals surface area contributed by atoms with Crippen LogP contribution < -0.4 is 11.0 Å². The monoisotopic (exact) mass is 411 g/mol. The predicted octanol–water partition coefficient (Wildman–Crippen LogP) is 3.81. The van der Waals surface area contributed by atoms with E-state index in [-0.39, 0.29) is 17.4 Å². The Labute approximate surface area is 173 Å². The van der Waals surface area contributed by atoms with Crippen LogP contribution in [0.15, 0.2) is 40.2 Å². The van der Waals surface area contributed by atoms with Crippen LogP contribution >= 0.6 is 24.0 Å². The van der Waals surface area contributed by atoms with Crippen molar-refractivity contribution in [1.82, 2.24) is 9.13 Å². The SMILES string of the molecule is C#Cc1ccc(C(=O)CSC2=CCC(C)c3c(c(=S)n(C)c(=O)n3C)N2)cc1. The molecule has 7 heteroatoms. The fraction of sp³-hybridized carbons (Fsp3) is 0.286. The molecule has 0 radical (unpaired) electrons. The number of terminal acetylenes is 1. The number of hydrogen-bond acceptors (Lipinski definition) is 5.